The van der Waals surface area contributed by atoms with Gasteiger partial charge in [-0.3, -0.25) is 9.69 Å². The molecule has 1 aromatic rings. The van der Waals surface area contributed by atoms with Crippen molar-refractivity contribution < 1.29 is 4.79 Å². The molecule has 3 heterocycles. The van der Waals surface area contributed by atoms with Gasteiger partial charge in [0.25, 0.3) is 0 Å². The van der Waals surface area contributed by atoms with Gasteiger partial charge in [-0.2, -0.15) is 0 Å². The standard InChI is InChI=1S/C15H23N3OS/c1-11-16-9-13(20-11)10-17-7-3-5-14(17)15-6-4-8-18(15)12(2)19/h9,14-15H,3-8,10H2,1-2H3/t14-,15+/m0/s1. The summed E-state index contributed by atoms with van der Waals surface area (Å²) in [7, 11) is 0. The van der Waals surface area contributed by atoms with Crippen molar-refractivity contribution in [2.45, 2.75) is 58.2 Å². The van der Waals surface area contributed by atoms with Crippen molar-refractivity contribution in [1.29, 1.82) is 0 Å². The van der Waals surface area contributed by atoms with Gasteiger partial charge in [-0.1, -0.05) is 0 Å². The molecule has 0 saturated carbocycles. The van der Waals surface area contributed by atoms with Crippen molar-refractivity contribution in [3.8, 4) is 0 Å². The third-order valence-corrected chi connectivity index (χ3v) is 5.49. The molecule has 2 fully saturated rings. The number of carbonyl (C=O) groups is 1. The highest BCUT2D eigenvalue weighted by Crippen LogP contribution is 2.31. The van der Waals surface area contributed by atoms with Crippen LogP contribution in [0.3, 0.4) is 0 Å². The first-order chi connectivity index (χ1) is 9.65. The molecule has 20 heavy (non-hydrogen) atoms. The minimum absolute atomic E-state index is 0.244. The average Bonchev–Trinajstić information content (AvgIpc) is 3.09. The zero-order chi connectivity index (χ0) is 14.1. The van der Waals surface area contributed by atoms with Crippen molar-refractivity contribution in [3.63, 3.8) is 0 Å². The number of thiazole rings is 1. The number of likely N-dealkylation sites (tertiary alicyclic amines) is 2. The Balaban J connectivity index is 1.70. The highest BCUT2D eigenvalue weighted by Gasteiger charge is 2.38. The molecule has 0 radical (unpaired) electrons. The van der Waals surface area contributed by atoms with Crippen LogP contribution in [0.5, 0.6) is 0 Å². The van der Waals surface area contributed by atoms with Crippen LogP contribution in [0.15, 0.2) is 6.20 Å². The summed E-state index contributed by atoms with van der Waals surface area (Å²) in [5, 5.41) is 1.14. The summed E-state index contributed by atoms with van der Waals surface area (Å²) in [5.74, 6) is 0.244. The predicted molar refractivity (Wildman–Crippen MR) is 80.7 cm³/mol. The topological polar surface area (TPSA) is 36.4 Å². The number of rotatable bonds is 3. The lowest BCUT2D eigenvalue weighted by Gasteiger charge is -2.34. The van der Waals surface area contributed by atoms with Gasteiger partial charge in [0.15, 0.2) is 0 Å². The Morgan fingerprint density at radius 1 is 1.35 bits per heavy atom. The Kier molecular flexibility index (Phi) is 4.08. The maximum Gasteiger partial charge on any atom is 0.219 e. The number of aromatic nitrogens is 1. The molecule has 2 aliphatic heterocycles. The minimum Gasteiger partial charge on any atom is -0.338 e. The van der Waals surface area contributed by atoms with E-state index in [4.69, 9.17) is 0 Å². The number of nitrogens with zero attached hydrogens (tertiary/aromatic N) is 3. The molecule has 110 valence electrons. The molecule has 0 unspecified atom stereocenters. The SMILES string of the molecule is CC(=O)N1CCC[C@@H]1[C@@H]1CCCN1Cc1cnc(C)s1. The zero-order valence-electron chi connectivity index (χ0n) is 12.3. The van der Waals surface area contributed by atoms with E-state index in [0.717, 1.165) is 31.1 Å². The summed E-state index contributed by atoms with van der Waals surface area (Å²) in [6.07, 6.45) is 6.82. The van der Waals surface area contributed by atoms with E-state index in [9.17, 15) is 4.79 Å². The molecule has 2 aliphatic rings. The van der Waals surface area contributed by atoms with Gasteiger partial charge in [0, 0.05) is 43.2 Å². The number of hydrogen-bond donors (Lipinski definition) is 0. The van der Waals surface area contributed by atoms with Gasteiger partial charge in [-0.15, -0.1) is 11.3 Å². The van der Waals surface area contributed by atoms with Crippen LogP contribution in [0.2, 0.25) is 0 Å². The maximum atomic E-state index is 11.8. The van der Waals surface area contributed by atoms with Crippen LogP contribution in [0.1, 0.15) is 42.5 Å². The summed E-state index contributed by atoms with van der Waals surface area (Å²) in [6.45, 7) is 6.88. The summed E-state index contributed by atoms with van der Waals surface area (Å²) >= 11 is 1.79. The van der Waals surface area contributed by atoms with Crippen LogP contribution in [0.25, 0.3) is 0 Å². The van der Waals surface area contributed by atoms with Gasteiger partial charge in [0.2, 0.25) is 5.91 Å². The van der Waals surface area contributed by atoms with Gasteiger partial charge in [0.05, 0.1) is 5.01 Å². The van der Waals surface area contributed by atoms with E-state index in [1.807, 2.05) is 6.20 Å². The molecule has 0 spiro atoms. The van der Waals surface area contributed by atoms with Crippen molar-refractivity contribution >= 4 is 17.2 Å². The monoisotopic (exact) mass is 293 g/mol. The molecule has 4 nitrogen and oxygen atoms in total. The molecule has 2 saturated heterocycles. The Morgan fingerprint density at radius 3 is 2.80 bits per heavy atom. The fraction of sp³-hybridized carbons (Fsp3) is 0.733. The van der Waals surface area contributed by atoms with E-state index >= 15 is 0 Å². The van der Waals surface area contributed by atoms with E-state index in [2.05, 4.69) is 21.7 Å². The lowest BCUT2D eigenvalue weighted by Crippen LogP contribution is -2.47. The third-order valence-electron chi connectivity index (χ3n) is 4.59. The first kappa shape index (κ1) is 14.0. The fourth-order valence-electron chi connectivity index (χ4n) is 3.75. The van der Waals surface area contributed by atoms with Crippen LogP contribution in [0, 0.1) is 6.92 Å². The van der Waals surface area contributed by atoms with Crippen molar-refractivity contribution in [2.24, 2.45) is 0 Å². The van der Waals surface area contributed by atoms with Crippen LogP contribution in [-0.2, 0) is 11.3 Å². The molecule has 5 heteroatoms. The number of hydrogen-bond acceptors (Lipinski definition) is 4. The molecule has 1 aromatic heterocycles. The maximum absolute atomic E-state index is 11.8. The molecule has 0 aliphatic carbocycles. The summed E-state index contributed by atoms with van der Waals surface area (Å²) in [4.78, 5) is 22.1. The Hall–Kier alpha value is -0.940. The average molecular weight is 293 g/mol. The van der Waals surface area contributed by atoms with E-state index in [1.165, 1.54) is 24.1 Å². The lowest BCUT2D eigenvalue weighted by atomic mass is 10.0. The van der Waals surface area contributed by atoms with E-state index in [0.29, 0.717) is 12.1 Å². The fourth-order valence-corrected chi connectivity index (χ4v) is 4.57. The summed E-state index contributed by atoms with van der Waals surface area (Å²) in [6, 6.07) is 0.979. The van der Waals surface area contributed by atoms with E-state index in [1.54, 1.807) is 18.3 Å². The first-order valence-corrected chi connectivity index (χ1v) is 8.39. The Morgan fingerprint density at radius 2 is 2.10 bits per heavy atom. The van der Waals surface area contributed by atoms with Gasteiger partial charge in [-0.05, 0) is 39.2 Å². The largest absolute Gasteiger partial charge is 0.338 e. The van der Waals surface area contributed by atoms with Crippen molar-refractivity contribution in [3.05, 3.63) is 16.1 Å². The Labute approximate surface area is 124 Å². The molecular weight excluding hydrogens is 270 g/mol. The third kappa shape index (κ3) is 2.74. The molecule has 3 rings (SSSR count). The van der Waals surface area contributed by atoms with Gasteiger partial charge >= 0.3 is 0 Å². The number of aryl methyl sites for hydroxylation is 1. The Bertz CT molecular complexity index is 487. The van der Waals surface area contributed by atoms with Gasteiger partial charge < -0.3 is 4.90 Å². The quantitative estimate of drug-likeness (QED) is 0.859. The number of carbonyl (C=O) groups excluding carboxylic acids is 1. The lowest BCUT2D eigenvalue weighted by molar-refractivity contribution is -0.130. The minimum atomic E-state index is 0.244. The normalized spacial score (nSPS) is 27.4. The first-order valence-electron chi connectivity index (χ1n) is 7.57. The molecule has 0 N–H and O–H groups in total. The summed E-state index contributed by atoms with van der Waals surface area (Å²) < 4.78 is 0. The van der Waals surface area contributed by atoms with Crippen LogP contribution in [0.4, 0.5) is 0 Å². The second-order valence-corrected chi connectivity index (χ2v) is 7.27. The summed E-state index contributed by atoms with van der Waals surface area (Å²) in [5.41, 5.74) is 0. The van der Waals surface area contributed by atoms with E-state index in [-0.39, 0.29) is 5.91 Å². The van der Waals surface area contributed by atoms with E-state index < -0.39 is 0 Å². The van der Waals surface area contributed by atoms with Crippen LogP contribution >= 0.6 is 11.3 Å². The molecule has 0 bridgehead atoms. The zero-order valence-corrected chi connectivity index (χ0v) is 13.2. The molecular formula is C15H23N3OS. The highest BCUT2D eigenvalue weighted by molar-refractivity contribution is 7.11. The predicted octanol–water partition coefficient (Wildman–Crippen LogP) is 2.43. The second-order valence-electron chi connectivity index (χ2n) is 5.95. The molecule has 2 atom stereocenters. The van der Waals surface area contributed by atoms with Crippen molar-refractivity contribution in [2.75, 3.05) is 13.1 Å². The second kappa shape index (κ2) is 5.82. The van der Waals surface area contributed by atoms with Gasteiger partial charge in [-0.25, -0.2) is 4.98 Å². The van der Waals surface area contributed by atoms with Crippen molar-refractivity contribution in [1.82, 2.24) is 14.8 Å². The molecule has 1 amide bonds. The highest BCUT2D eigenvalue weighted by atomic mass is 32.1. The smallest absolute Gasteiger partial charge is 0.219 e. The van der Waals surface area contributed by atoms with Crippen LogP contribution in [-0.4, -0.2) is 45.9 Å². The number of amides is 1. The van der Waals surface area contributed by atoms with Gasteiger partial charge in [0.1, 0.15) is 0 Å². The van der Waals surface area contributed by atoms with Crippen LogP contribution < -0.4 is 0 Å². The molecule has 0 aromatic carbocycles.